The molecule has 18 heavy (non-hydrogen) atoms. The topological polar surface area (TPSA) is 67.8 Å². The van der Waals surface area contributed by atoms with Crippen molar-refractivity contribution in [3.63, 3.8) is 0 Å². The minimum Gasteiger partial charge on any atom is -0.756 e. The molecule has 0 fully saturated rings. The second-order valence-electron chi connectivity index (χ2n) is 6.09. The lowest BCUT2D eigenvalue weighted by Gasteiger charge is -2.27. The number of phosphoric acid groups is 1. The second kappa shape index (κ2) is 6.98. The number of ether oxygens (including phenoxy) is 1. The Morgan fingerprint density at radius 2 is 1.56 bits per heavy atom. The molecule has 0 heterocycles. The van der Waals surface area contributed by atoms with E-state index in [4.69, 9.17) is 9.26 Å². The lowest BCUT2D eigenvalue weighted by atomic mass is 10.2. The molecule has 0 aliphatic rings. The molecule has 0 bridgehead atoms. The fourth-order valence-corrected chi connectivity index (χ4v) is 1.64. The predicted octanol–water partition coefficient (Wildman–Crippen LogP) is 1.01. The van der Waals surface area contributed by atoms with E-state index >= 15 is 0 Å². The smallest absolute Gasteiger partial charge is 0.268 e. The molecular weight excluding hydrogens is 257 g/mol. The van der Waals surface area contributed by atoms with Gasteiger partial charge in [-0.3, -0.25) is 4.57 Å². The van der Waals surface area contributed by atoms with Crippen molar-refractivity contribution in [2.75, 3.05) is 47.5 Å². The maximum atomic E-state index is 11.4. The molecule has 7 heteroatoms. The van der Waals surface area contributed by atoms with Gasteiger partial charge in [-0.1, -0.05) is 0 Å². The van der Waals surface area contributed by atoms with Gasteiger partial charge in [0, 0.05) is 0 Å². The summed E-state index contributed by atoms with van der Waals surface area (Å²) in [5, 5.41) is 0. The van der Waals surface area contributed by atoms with E-state index in [9.17, 15) is 9.46 Å². The molecule has 0 N–H and O–H groups in total. The Bertz CT molecular complexity index is 282. The Hall–Kier alpha value is 0.0300. The zero-order chi connectivity index (χ0) is 14.4. The van der Waals surface area contributed by atoms with E-state index in [1.54, 1.807) is 0 Å². The molecule has 0 amide bonds. The van der Waals surface area contributed by atoms with Crippen LogP contribution in [0, 0.1) is 0 Å². The van der Waals surface area contributed by atoms with Crippen LogP contribution in [0.3, 0.4) is 0 Å². The van der Waals surface area contributed by atoms with Gasteiger partial charge < -0.3 is 23.2 Å². The fraction of sp³-hybridized carbons (Fsp3) is 1.00. The quantitative estimate of drug-likeness (QED) is 0.378. The lowest BCUT2D eigenvalue weighted by molar-refractivity contribution is -0.870. The molecule has 0 spiro atoms. The summed E-state index contributed by atoms with van der Waals surface area (Å²) in [5.74, 6) is 0. The monoisotopic (exact) mass is 283 g/mol. The average Bonchev–Trinajstić information content (AvgIpc) is 2.08. The van der Waals surface area contributed by atoms with E-state index in [1.807, 2.05) is 41.9 Å². The summed E-state index contributed by atoms with van der Waals surface area (Å²) in [7, 11) is 1.67. The number of hydrogen-bond acceptors (Lipinski definition) is 5. The first kappa shape index (κ1) is 18.0. The molecule has 0 aromatic rings. The third-order valence-corrected chi connectivity index (χ3v) is 2.88. The first-order valence-electron chi connectivity index (χ1n) is 5.96. The van der Waals surface area contributed by atoms with Crippen molar-refractivity contribution in [1.82, 2.24) is 0 Å². The molecule has 1 atom stereocenters. The molecule has 0 rings (SSSR count). The van der Waals surface area contributed by atoms with Crippen LogP contribution in [0.25, 0.3) is 0 Å². The van der Waals surface area contributed by atoms with Gasteiger partial charge in [0.1, 0.15) is 13.2 Å². The molecule has 1 unspecified atom stereocenters. The molecule has 6 nitrogen and oxygen atoms in total. The molecule has 0 aromatic carbocycles. The summed E-state index contributed by atoms with van der Waals surface area (Å²) in [6, 6.07) is 0. The van der Waals surface area contributed by atoms with Gasteiger partial charge in [0.15, 0.2) is 0 Å². The Balaban J connectivity index is 3.78. The van der Waals surface area contributed by atoms with Crippen molar-refractivity contribution in [2.45, 2.75) is 26.4 Å². The standard InChI is InChI=1S/C11H26NO5P/c1-11(2,3)15-9-10-17-18(13,14)16-8-7-12(4,5)6/h7-10H2,1-6H3. The number of rotatable bonds is 8. The van der Waals surface area contributed by atoms with Gasteiger partial charge in [0.25, 0.3) is 7.82 Å². The highest BCUT2D eigenvalue weighted by molar-refractivity contribution is 7.45. The van der Waals surface area contributed by atoms with Crippen molar-refractivity contribution in [3.8, 4) is 0 Å². The third-order valence-electron chi connectivity index (χ3n) is 1.88. The largest absolute Gasteiger partial charge is 0.756 e. The normalized spacial score (nSPS) is 16.6. The molecule has 0 aliphatic carbocycles. The van der Waals surface area contributed by atoms with E-state index < -0.39 is 7.82 Å². The van der Waals surface area contributed by atoms with Crippen LogP contribution in [-0.2, 0) is 18.3 Å². The maximum absolute atomic E-state index is 11.4. The van der Waals surface area contributed by atoms with E-state index in [0.29, 0.717) is 11.0 Å². The van der Waals surface area contributed by atoms with E-state index in [0.717, 1.165) is 0 Å². The lowest BCUT2D eigenvalue weighted by Crippen LogP contribution is -2.37. The Morgan fingerprint density at radius 1 is 1.06 bits per heavy atom. The van der Waals surface area contributed by atoms with E-state index in [2.05, 4.69) is 4.52 Å². The Morgan fingerprint density at radius 3 is 2.00 bits per heavy atom. The van der Waals surface area contributed by atoms with Gasteiger partial charge in [0.05, 0.1) is 40.0 Å². The first-order valence-corrected chi connectivity index (χ1v) is 7.42. The van der Waals surface area contributed by atoms with E-state index in [1.165, 1.54) is 0 Å². The Kier molecular flexibility index (Phi) is 7.00. The zero-order valence-corrected chi connectivity index (χ0v) is 13.2. The van der Waals surface area contributed by atoms with Crippen molar-refractivity contribution in [2.24, 2.45) is 0 Å². The van der Waals surface area contributed by atoms with Crippen LogP contribution in [0.1, 0.15) is 20.8 Å². The number of nitrogens with zero attached hydrogens (tertiary/aromatic N) is 1. The summed E-state index contributed by atoms with van der Waals surface area (Å²) in [5.41, 5.74) is -0.305. The highest BCUT2D eigenvalue weighted by atomic mass is 31.2. The van der Waals surface area contributed by atoms with Crippen LogP contribution < -0.4 is 4.89 Å². The van der Waals surface area contributed by atoms with Crippen molar-refractivity contribution in [3.05, 3.63) is 0 Å². The molecule has 110 valence electrons. The van der Waals surface area contributed by atoms with Crippen LogP contribution in [0.15, 0.2) is 0 Å². The van der Waals surface area contributed by atoms with Crippen LogP contribution >= 0.6 is 7.82 Å². The number of quaternary nitrogens is 1. The molecule has 0 saturated heterocycles. The van der Waals surface area contributed by atoms with Crippen LogP contribution in [0.5, 0.6) is 0 Å². The molecule has 0 radical (unpaired) electrons. The van der Waals surface area contributed by atoms with Gasteiger partial charge in [0.2, 0.25) is 0 Å². The number of likely N-dealkylation sites (N-methyl/N-ethyl adjacent to an activating group) is 1. The summed E-state index contributed by atoms with van der Waals surface area (Å²) in [4.78, 5) is 11.4. The van der Waals surface area contributed by atoms with Crippen LogP contribution in [-0.4, -0.2) is 57.6 Å². The fourth-order valence-electron chi connectivity index (χ4n) is 0.961. The van der Waals surface area contributed by atoms with Crippen molar-refractivity contribution >= 4 is 7.82 Å². The Labute approximate surface area is 110 Å². The average molecular weight is 283 g/mol. The summed E-state index contributed by atoms with van der Waals surface area (Å²) in [6.07, 6.45) is 0. The second-order valence-corrected chi connectivity index (χ2v) is 7.50. The molecule has 0 saturated carbocycles. The summed E-state index contributed by atoms with van der Waals surface area (Å²) in [6.45, 7) is 6.57. The zero-order valence-electron chi connectivity index (χ0n) is 12.3. The number of phosphoric ester groups is 1. The summed E-state index contributed by atoms with van der Waals surface area (Å²) >= 11 is 0. The molecule has 0 aliphatic heterocycles. The van der Waals surface area contributed by atoms with Crippen molar-refractivity contribution in [1.29, 1.82) is 0 Å². The minimum atomic E-state index is -4.20. The molecule has 0 aromatic heterocycles. The van der Waals surface area contributed by atoms with Gasteiger partial charge in [-0.15, -0.1) is 0 Å². The maximum Gasteiger partial charge on any atom is 0.268 e. The van der Waals surface area contributed by atoms with Crippen LogP contribution in [0.4, 0.5) is 0 Å². The van der Waals surface area contributed by atoms with E-state index in [-0.39, 0.29) is 25.4 Å². The SMILES string of the molecule is CC(C)(C)OCCOP(=O)([O-])OCC[N+](C)(C)C. The van der Waals surface area contributed by atoms with Crippen LogP contribution in [0.2, 0.25) is 0 Å². The van der Waals surface area contributed by atoms with Gasteiger partial charge >= 0.3 is 0 Å². The van der Waals surface area contributed by atoms with Gasteiger partial charge in [-0.25, -0.2) is 0 Å². The summed E-state index contributed by atoms with van der Waals surface area (Å²) < 4.78 is 26.8. The minimum absolute atomic E-state index is 0.0254. The third kappa shape index (κ3) is 12.5. The first-order chi connectivity index (χ1) is 7.91. The molecular formula is C11H26NO5P. The highest BCUT2D eigenvalue weighted by Gasteiger charge is 2.14. The highest BCUT2D eigenvalue weighted by Crippen LogP contribution is 2.37. The number of hydrogen-bond donors (Lipinski definition) is 0. The van der Waals surface area contributed by atoms with Crippen molar-refractivity contribution < 1.29 is 27.7 Å². The van der Waals surface area contributed by atoms with Gasteiger partial charge in [-0.05, 0) is 20.8 Å². The van der Waals surface area contributed by atoms with Gasteiger partial charge in [-0.2, -0.15) is 0 Å². The predicted molar refractivity (Wildman–Crippen MR) is 68.1 cm³/mol.